The lowest BCUT2D eigenvalue weighted by molar-refractivity contribution is 0.310. The summed E-state index contributed by atoms with van der Waals surface area (Å²) >= 11 is 0. The molecule has 2 N–H and O–H groups in total. The molecule has 1 fully saturated rings. The second kappa shape index (κ2) is 5.63. The van der Waals surface area contributed by atoms with Crippen molar-refractivity contribution in [2.75, 3.05) is 0 Å². The molecule has 96 valence electrons. The standard InChI is InChI=1S/C13H24N4/c1-10(2)8-17-13(15-9-16-17)7-11-4-3-5-12(14)6-11/h9-12H,3-8,14H2,1-2H3. The van der Waals surface area contributed by atoms with Gasteiger partial charge in [0.05, 0.1) is 0 Å². The minimum Gasteiger partial charge on any atom is -0.328 e. The first kappa shape index (κ1) is 12.6. The predicted molar refractivity (Wildman–Crippen MR) is 68.5 cm³/mol. The van der Waals surface area contributed by atoms with Gasteiger partial charge in [-0.05, 0) is 31.1 Å². The summed E-state index contributed by atoms with van der Waals surface area (Å²) in [5, 5.41) is 4.32. The van der Waals surface area contributed by atoms with Gasteiger partial charge in [0, 0.05) is 19.0 Å². The Bertz CT molecular complexity index is 345. The van der Waals surface area contributed by atoms with Gasteiger partial charge in [0.15, 0.2) is 0 Å². The second-order valence-corrected chi connectivity index (χ2v) is 5.75. The van der Waals surface area contributed by atoms with E-state index in [-0.39, 0.29) is 0 Å². The fourth-order valence-electron chi connectivity index (χ4n) is 2.72. The zero-order valence-corrected chi connectivity index (χ0v) is 11.0. The third kappa shape index (κ3) is 3.53. The largest absolute Gasteiger partial charge is 0.328 e. The molecule has 4 heteroatoms. The number of hydrogen-bond donors (Lipinski definition) is 1. The molecule has 1 saturated carbocycles. The third-order valence-corrected chi connectivity index (χ3v) is 3.53. The molecule has 0 amide bonds. The maximum Gasteiger partial charge on any atom is 0.138 e. The Hall–Kier alpha value is -0.900. The molecule has 2 atom stereocenters. The van der Waals surface area contributed by atoms with Gasteiger partial charge in [0.2, 0.25) is 0 Å². The SMILES string of the molecule is CC(C)Cn1ncnc1CC1CCCC(N)C1. The third-order valence-electron chi connectivity index (χ3n) is 3.53. The van der Waals surface area contributed by atoms with Gasteiger partial charge in [-0.2, -0.15) is 5.10 Å². The van der Waals surface area contributed by atoms with Crippen LogP contribution < -0.4 is 5.73 Å². The Morgan fingerprint density at radius 1 is 1.47 bits per heavy atom. The quantitative estimate of drug-likeness (QED) is 0.870. The Labute approximate surface area is 104 Å². The fourth-order valence-corrected chi connectivity index (χ4v) is 2.72. The zero-order chi connectivity index (χ0) is 12.3. The number of nitrogens with two attached hydrogens (primary N) is 1. The molecule has 1 aromatic rings. The first-order chi connectivity index (χ1) is 8.15. The van der Waals surface area contributed by atoms with Crippen molar-refractivity contribution in [3.8, 4) is 0 Å². The lowest BCUT2D eigenvalue weighted by Crippen LogP contribution is -2.29. The highest BCUT2D eigenvalue weighted by Gasteiger charge is 2.21. The summed E-state index contributed by atoms with van der Waals surface area (Å²) in [6.07, 6.45) is 7.62. The number of rotatable bonds is 4. The highest BCUT2D eigenvalue weighted by atomic mass is 15.3. The van der Waals surface area contributed by atoms with Crippen molar-refractivity contribution in [2.45, 2.75) is 58.5 Å². The molecule has 4 nitrogen and oxygen atoms in total. The highest BCUT2D eigenvalue weighted by Crippen LogP contribution is 2.25. The van der Waals surface area contributed by atoms with Gasteiger partial charge in [-0.1, -0.05) is 20.3 Å². The monoisotopic (exact) mass is 236 g/mol. The maximum atomic E-state index is 6.03. The Kier molecular flexibility index (Phi) is 4.15. The van der Waals surface area contributed by atoms with Crippen LogP contribution in [0, 0.1) is 11.8 Å². The minimum absolute atomic E-state index is 0.398. The van der Waals surface area contributed by atoms with Crippen molar-refractivity contribution in [1.29, 1.82) is 0 Å². The molecule has 2 rings (SSSR count). The van der Waals surface area contributed by atoms with Gasteiger partial charge in [0.25, 0.3) is 0 Å². The molecule has 1 aliphatic carbocycles. The molecule has 0 saturated heterocycles. The molecule has 0 spiro atoms. The summed E-state index contributed by atoms with van der Waals surface area (Å²) < 4.78 is 2.06. The van der Waals surface area contributed by atoms with Gasteiger partial charge in [-0.25, -0.2) is 9.67 Å². The topological polar surface area (TPSA) is 56.7 Å². The van der Waals surface area contributed by atoms with Crippen LogP contribution in [0.5, 0.6) is 0 Å². The van der Waals surface area contributed by atoms with Gasteiger partial charge in [-0.15, -0.1) is 0 Å². The highest BCUT2D eigenvalue weighted by molar-refractivity contribution is 4.90. The Balaban J connectivity index is 1.95. The molecule has 17 heavy (non-hydrogen) atoms. The predicted octanol–water partition coefficient (Wildman–Crippen LogP) is 1.99. The molecular weight excluding hydrogens is 212 g/mol. The van der Waals surface area contributed by atoms with E-state index >= 15 is 0 Å². The van der Waals surface area contributed by atoms with Crippen LogP contribution in [0.4, 0.5) is 0 Å². The van der Waals surface area contributed by atoms with Crippen molar-refractivity contribution >= 4 is 0 Å². The van der Waals surface area contributed by atoms with E-state index in [1.54, 1.807) is 6.33 Å². The van der Waals surface area contributed by atoms with Crippen molar-refractivity contribution < 1.29 is 0 Å². The van der Waals surface area contributed by atoms with Gasteiger partial charge in [0.1, 0.15) is 12.2 Å². The minimum atomic E-state index is 0.398. The Morgan fingerprint density at radius 3 is 3.00 bits per heavy atom. The van der Waals surface area contributed by atoms with E-state index in [0.717, 1.165) is 25.2 Å². The summed E-state index contributed by atoms with van der Waals surface area (Å²) in [6.45, 7) is 5.39. The van der Waals surface area contributed by atoms with Gasteiger partial charge in [-0.3, -0.25) is 0 Å². The lowest BCUT2D eigenvalue weighted by Gasteiger charge is -2.26. The Morgan fingerprint density at radius 2 is 2.29 bits per heavy atom. The summed E-state index contributed by atoms with van der Waals surface area (Å²) in [5.41, 5.74) is 6.03. The first-order valence-electron chi connectivity index (χ1n) is 6.77. The van der Waals surface area contributed by atoms with Crippen molar-refractivity contribution in [2.24, 2.45) is 17.6 Å². The van der Waals surface area contributed by atoms with Crippen LogP contribution in [0.1, 0.15) is 45.4 Å². The van der Waals surface area contributed by atoms with Crippen LogP contribution in [0.2, 0.25) is 0 Å². The number of nitrogens with zero attached hydrogens (tertiary/aromatic N) is 3. The summed E-state index contributed by atoms with van der Waals surface area (Å²) in [7, 11) is 0. The average Bonchev–Trinajstić information content (AvgIpc) is 2.65. The van der Waals surface area contributed by atoms with Gasteiger partial charge < -0.3 is 5.73 Å². The lowest BCUT2D eigenvalue weighted by atomic mass is 9.84. The maximum absolute atomic E-state index is 6.03. The van der Waals surface area contributed by atoms with Crippen LogP contribution in [0.15, 0.2) is 6.33 Å². The van der Waals surface area contributed by atoms with E-state index in [9.17, 15) is 0 Å². The van der Waals surface area contributed by atoms with Crippen LogP contribution in [-0.2, 0) is 13.0 Å². The molecule has 2 unspecified atom stereocenters. The molecule has 1 heterocycles. The molecule has 0 bridgehead atoms. The average molecular weight is 236 g/mol. The van der Waals surface area contributed by atoms with Crippen LogP contribution in [0.3, 0.4) is 0 Å². The van der Waals surface area contributed by atoms with Crippen LogP contribution in [-0.4, -0.2) is 20.8 Å². The number of aromatic nitrogens is 3. The van der Waals surface area contributed by atoms with E-state index in [1.807, 2.05) is 0 Å². The van der Waals surface area contributed by atoms with Crippen molar-refractivity contribution in [3.05, 3.63) is 12.2 Å². The molecule has 0 aromatic carbocycles. The molecular formula is C13H24N4. The summed E-state index contributed by atoms with van der Waals surface area (Å²) in [4.78, 5) is 4.40. The van der Waals surface area contributed by atoms with Crippen molar-refractivity contribution in [3.63, 3.8) is 0 Å². The zero-order valence-electron chi connectivity index (χ0n) is 11.0. The van der Waals surface area contributed by atoms with Crippen molar-refractivity contribution in [1.82, 2.24) is 14.8 Å². The second-order valence-electron chi connectivity index (χ2n) is 5.75. The van der Waals surface area contributed by atoms with E-state index < -0.39 is 0 Å². The number of hydrogen-bond acceptors (Lipinski definition) is 3. The van der Waals surface area contributed by atoms with Crippen LogP contribution >= 0.6 is 0 Å². The normalized spacial score (nSPS) is 25.4. The molecule has 1 aliphatic rings. The summed E-state index contributed by atoms with van der Waals surface area (Å²) in [5.74, 6) is 2.45. The van der Waals surface area contributed by atoms with E-state index in [2.05, 4.69) is 28.6 Å². The van der Waals surface area contributed by atoms with E-state index in [1.165, 1.54) is 19.3 Å². The van der Waals surface area contributed by atoms with Gasteiger partial charge >= 0.3 is 0 Å². The van der Waals surface area contributed by atoms with Crippen LogP contribution in [0.25, 0.3) is 0 Å². The first-order valence-corrected chi connectivity index (χ1v) is 6.77. The molecule has 1 aromatic heterocycles. The molecule has 0 radical (unpaired) electrons. The summed E-state index contributed by atoms with van der Waals surface area (Å²) in [6, 6.07) is 0.398. The smallest absolute Gasteiger partial charge is 0.138 e. The molecule has 0 aliphatic heterocycles. The van der Waals surface area contributed by atoms with E-state index in [4.69, 9.17) is 5.73 Å². The fraction of sp³-hybridized carbons (Fsp3) is 0.846. The van der Waals surface area contributed by atoms with E-state index in [0.29, 0.717) is 17.9 Å².